The van der Waals surface area contributed by atoms with Crippen LogP contribution in [0.1, 0.15) is 28.5 Å². The maximum absolute atomic E-state index is 12.4. The number of rotatable bonds is 4. The first-order valence-corrected chi connectivity index (χ1v) is 6.49. The molecule has 5 heteroatoms. The molecular formula is C15H17N3O2. The van der Waals surface area contributed by atoms with Crippen molar-refractivity contribution in [3.8, 4) is 0 Å². The van der Waals surface area contributed by atoms with Crippen LogP contribution in [0.2, 0.25) is 0 Å². The number of hydrogen-bond acceptors (Lipinski definition) is 3. The van der Waals surface area contributed by atoms with Crippen LogP contribution in [0.15, 0.2) is 41.6 Å². The predicted molar refractivity (Wildman–Crippen MR) is 76.5 cm³/mol. The predicted octanol–water partition coefficient (Wildman–Crippen LogP) is 1.74. The lowest BCUT2D eigenvalue weighted by Gasteiger charge is -2.20. The molecular weight excluding hydrogens is 254 g/mol. The average molecular weight is 271 g/mol. The topological polar surface area (TPSA) is 66.1 Å². The minimum absolute atomic E-state index is 0.173. The number of carbonyl (C=O) groups excluding carboxylic acids is 1. The molecule has 0 aliphatic carbocycles. The summed E-state index contributed by atoms with van der Waals surface area (Å²) >= 11 is 0. The van der Waals surface area contributed by atoms with Gasteiger partial charge in [0.05, 0.1) is 0 Å². The molecule has 0 bridgehead atoms. The largest absolute Gasteiger partial charge is 0.364 e. The second kappa shape index (κ2) is 6.14. The van der Waals surface area contributed by atoms with Gasteiger partial charge in [0.25, 0.3) is 5.91 Å². The molecule has 5 nitrogen and oxygen atoms in total. The Labute approximate surface area is 117 Å². The van der Waals surface area contributed by atoms with E-state index in [1.54, 1.807) is 24.2 Å². The van der Waals surface area contributed by atoms with Gasteiger partial charge in [0.15, 0.2) is 5.43 Å². The number of H-pyrrole nitrogens is 1. The summed E-state index contributed by atoms with van der Waals surface area (Å²) < 4.78 is 0. The summed E-state index contributed by atoms with van der Waals surface area (Å²) in [5, 5.41) is 0. The Hall–Kier alpha value is -2.43. The van der Waals surface area contributed by atoms with Gasteiger partial charge in [0.2, 0.25) is 0 Å². The van der Waals surface area contributed by atoms with Gasteiger partial charge in [-0.2, -0.15) is 0 Å². The SMILES string of the molecule is CCN(Cc1ccncc1)C(=O)c1c[nH]c(C)cc1=O. The molecule has 0 fully saturated rings. The highest BCUT2D eigenvalue weighted by molar-refractivity contribution is 5.93. The fourth-order valence-corrected chi connectivity index (χ4v) is 1.95. The van der Waals surface area contributed by atoms with E-state index >= 15 is 0 Å². The van der Waals surface area contributed by atoms with Gasteiger partial charge in [0.1, 0.15) is 5.56 Å². The first kappa shape index (κ1) is 14.0. The van der Waals surface area contributed by atoms with Crippen molar-refractivity contribution in [3.05, 3.63) is 63.8 Å². The number of nitrogens with one attached hydrogen (secondary N) is 1. The summed E-state index contributed by atoms with van der Waals surface area (Å²) in [7, 11) is 0. The highest BCUT2D eigenvalue weighted by Crippen LogP contribution is 2.07. The first-order chi connectivity index (χ1) is 9.61. The van der Waals surface area contributed by atoms with Gasteiger partial charge < -0.3 is 9.88 Å². The van der Waals surface area contributed by atoms with Crippen molar-refractivity contribution in [1.29, 1.82) is 0 Å². The molecule has 0 atom stereocenters. The molecule has 2 aromatic rings. The third kappa shape index (κ3) is 3.12. The summed E-state index contributed by atoms with van der Waals surface area (Å²) in [6.45, 7) is 4.67. The van der Waals surface area contributed by atoms with Gasteiger partial charge >= 0.3 is 0 Å². The van der Waals surface area contributed by atoms with Crippen LogP contribution in [0, 0.1) is 6.92 Å². The van der Waals surface area contributed by atoms with Gasteiger partial charge in [0, 0.05) is 43.4 Å². The second-order valence-corrected chi connectivity index (χ2v) is 4.57. The van der Waals surface area contributed by atoms with Crippen LogP contribution in [0.3, 0.4) is 0 Å². The Kier molecular flexibility index (Phi) is 4.30. The number of pyridine rings is 2. The normalized spacial score (nSPS) is 10.3. The van der Waals surface area contributed by atoms with E-state index < -0.39 is 0 Å². The molecule has 0 aliphatic rings. The Morgan fingerprint density at radius 2 is 2.05 bits per heavy atom. The Balaban J connectivity index is 2.23. The summed E-state index contributed by atoms with van der Waals surface area (Å²) in [5.74, 6) is -0.259. The molecule has 1 amide bonds. The van der Waals surface area contributed by atoms with E-state index in [9.17, 15) is 9.59 Å². The summed E-state index contributed by atoms with van der Waals surface area (Å²) in [5.41, 5.74) is 1.65. The van der Waals surface area contributed by atoms with E-state index in [2.05, 4.69) is 9.97 Å². The van der Waals surface area contributed by atoms with E-state index in [-0.39, 0.29) is 16.9 Å². The molecule has 0 aromatic carbocycles. The molecule has 2 aromatic heterocycles. The molecule has 0 saturated heterocycles. The number of hydrogen-bond donors (Lipinski definition) is 1. The molecule has 0 spiro atoms. The Morgan fingerprint density at radius 1 is 1.35 bits per heavy atom. The quantitative estimate of drug-likeness (QED) is 0.921. The van der Waals surface area contributed by atoms with Crippen LogP contribution in [0.5, 0.6) is 0 Å². The van der Waals surface area contributed by atoms with Gasteiger partial charge in [-0.05, 0) is 31.5 Å². The van der Waals surface area contributed by atoms with E-state index in [0.29, 0.717) is 13.1 Å². The van der Waals surface area contributed by atoms with Gasteiger partial charge in [-0.15, -0.1) is 0 Å². The zero-order valence-corrected chi connectivity index (χ0v) is 11.6. The van der Waals surface area contributed by atoms with Crippen LogP contribution in [0.25, 0.3) is 0 Å². The summed E-state index contributed by atoms with van der Waals surface area (Å²) in [6.07, 6.45) is 4.86. The lowest BCUT2D eigenvalue weighted by atomic mass is 10.2. The fourth-order valence-electron chi connectivity index (χ4n) is 1.95. The van der Waals surface area contributed by atoms with Crippen molar-refractivity contribution >= 4 is 5.91 Å². The molecule has 2 heterocycles. The zero-order chi connectivity index (χ0) is 14.5. The third-order valence-corrected chi connectivity index (χ3v) is 3.08. The molecule has 0 aliphatic heterocycles. The fraction of sp³-hybridized carbons (Fsp3) is 0.267. The lowest BCUT2D eigenvalue weighted by molar-refractivity contribution is 0.0751. The third-order valence-electron chi connectivity index (χ3n) is 3.08. The van der Waals surface area contributed by atoms with Crippen LogP contribution >= 0.6 is 0 Å². The highest BCUT2D eigenvalue weighted by atomic mass is 16.2. The van der Waals surface area contributed by atoms with Crippen LogP contribution in [0.4, 0.5) is 0 Å². The smallest absolute Gasteiger partial charge is 0.259 e. The van der Waals surface area contributed by atoms with Crippen molar-refractivity contribution in [2.24, 2.45) is 0 Å². The van der Waals surface area contributed by atoms with Crippen LogP contribution in [-0.4, -0.2) is 27.3 Å². The van der Waals surface area contributed by atoms with Crippen LogP contribution in [-0.2, 0) is 6.54 Å². The zero-order valence-electron chi connectivity index (χ0n) is 11.6. The molecule has 104 valence electrons. The number of amides is 1. The van der Waals surface area contributed by atoms with Gasteiger partial charge in [-0.25, -0.2) is 0 Å². The number of carbonyl (C=O) groups is 1. The lowest BCUT2D eigenvalue weighted by Crippen LogP contribution is -2.33. The van der Waals surface area contributed by atoms with E-state index in [1.165, 1.54) is 12.3 Å². The molecule has 0 saturated carbocycles. The Bertz CT molecular complexity index is 650. The van der Waals surface area contributed by atoms with Gasteiger partial charge in [-0.1, -0.05) is 0 Å². The van der Waals surface area contributed by atoms with E-state index in [1.807, 2.05) is 19.1 Å². The van der Waals surface area contributed by atoms with Crippen molar-refractivity contribution in [2.75, 3.05) is 6.54 Å². The molecule has 1 N–H and O–H groups in total. The summed E-state index contributed by atoms with van der Waals surface area (Å²) in [6, 6.07) is 5.15. The highest BCUT2D eigenvalue weighted by Gasteiger charge is 2.17. The number of aryl methyl sites for hydroxylation is 1. The van der Waals surface area contributed by atoms with Gasteiger partial charge in [-0.3, -0.25) is 14.6 Å². The monoisotopic (exact) mass is 271 g/mol. The second-order valence-electron chi connectivity index (χ2n) is 4.57. The molecule has 2 rings (SSSR count). The van der Waals surface area contributed by atoms with Crippen molar-refractivity contribution < 1.29 is 4.79 Å². The molecule has 0 radical (unpaired) electrons. The standard InChI is InChI=1S/C15H17N3O2/c1-3-18(10-12-4-6-16-7-5-12)15(20)13-9-17-11(2)8-14(13)19/h4-9H,3,10H2,1-2H3,(H,17,19). The maximum Gasteiger partial charge on any atom is 0.259 e. The van der Waals surface area contributed by atoms with E-state index in [0.717, 1.165) is 11.3 Å². The summed E-state index contributed by atoms with van der Waals surface area (Å²) in [4.78, 5) is 32.8. The molecule has 0 unspecified atom stereocenters. The maximum atomic E-state index is 12.4. The van der Waals surface area contributed by atoms with Crippen molar-refractivity contribution in [3.63, 3.8) is 0 Å². The number of aromatic amines is 1. The van der Waals surface area contributed by atoms with Crippen LogP contribution < -0.4 is 5.43 Å². The van der Waals surface area contributed by atoms with Crippen molar-refractivity contribution in [1.82, 2.24) is 14.9 Å². The van der Waals surface area contributed by atoms with Crippen molar-refractivity contribution in [2.45, 2.75) is 20.4 Å². The van der Waals surface area contributed by atoms with E-state index in [4.69, 9.17) is 0 Å². The minimum atomic E-state index is -0.259. The minimum Gasteiger partial charge on any atom is -0.364 e. The molecule has 20 heavy (non-hydrogen) atoms. The Morgan fingerprint density at radius 3 is 2.65 bits per heavy atom. The number of nitrogens with zero attached hydrogens (tertiary/aromatic N) is 2. The number of aromatic nitrogens is 2. The first-order valence-electron chi connectivity index (χ1n) is 6.49. The average Bonchev–Trinajstić information content (AvgIpc) is 2.45.